The van der Waals surface area contributed by atoms with Crippen LogP contribution in [0.5, 0.6) is 0 Å². The van der Waals surface area contributed by atoms with Gasteiger partial charge in [-0.05, 0) is 72.3 Å². The molecule has 4 heteroatoms. The van der Waals surface area contributed by atoms with Gasteiger partial charge in [0, 0.05) is 14.9 Å². The summed E-state index contributed by atoms with van der Waals surface area (Å²) in [7, 11) is 0. The molecular weight excluding hydrogens is 363 g/mol. The van der Waals surface area contributed by atoms with Crippen molar-refractivity contribution < 1.29 is 4.79 Å². The van der Waals surface area contributed by atoms with Crippen LogP contribution in [0.4, 0.5) is 11.4 Å². The van der Waals surface area contributed by atoms with Crippen LogP contribution >= 0.6 is 22.6 Å². The lowest BCUT2D eigenvalue weighted by Crippen LogP contribution is -2.22. The maximum absolute atomic E-state index is 11.9. The molecule has 0 fully saturated rings. The van der Waals surface area contributed by atoms with Gasteiger partial charge in [-0.2, -0.15) is 0 Å². The summed E-state index contributed by atoms with van der Waals surface area (Å²) in [5.41, 5.74) is 4.18. The zero-order valence-corrected chi connectivity index (χ0v) is 13.7. The Kier molecular flexibility index (Phi) is 5.00. The summed E-state index contributed by atoms with van der Waals surface area (Å²) in [6.07, 6.45) is 0. The zero-order valence-electron chi connectivity index (χ0n) is 11.5. The van der Waals surface area contributed by atoms with Crippen molar-refractivity contribution in [2.45, 2.75) is 13.8 Å². The van der Waals surface area contributed by atoms with E-state index in [1.165, 1.54) is 5.56 Å². The van der Waals surface area contributed by atoms with Crippen LogP contribution in [-0.2, 0) is 4.79 Å². The second kappa shape index (κ2) is 6.74. The van der Waals surface area contributed by atoms with Gasteiger partial charge in [0.15, 0.2) is 0 Å². The van der Waals surface area contributed by atoms with Gasteiger partial charge in [0.2, 0.25) is 5.91 Å². The Hall–Kier alpha value is -1.56. The van der Waals surface area contributed by atoms with Gasteiger partial charge < -0.3 is 10.6 Å². The van der Waals surface area contributed by atoms with Crippen LogP contribution in [0, 0.1) is 17.4 Å². The number of hydrogen-bond donors (Lipinski definition) is 2. The molecule has 0 saturated carbocycles. The highest BCUT2D eigenvalue weighted by Gasteiger charge is 2.04. The van der Waals surface area contributed by atoms with E-state index in [-0.39, 0.29) is 12.5 Å². The zero-order chi connectivity index (χ0) is 14.5. The quantitative estimate of drug-likeness (QED) is 0.789. The Morgan fingerprint density at radius 2 is 1.80 bits per heavy atom. The van der Waals surface area contributed by atoms with E-state index in [9.17, 15) is 4.79 Å². The summed E-state index contributed by atoms with van der Waals surface area (Å²) in [6, 6.07) is 13.9. The first-order valence-electron chi connectivity index (χ1n) is 6.41. The van der Waals surface area contributed by atoms with Gasteiger partial charge in [-0.3, -0.25) is 4.79 Å². The van der Waals surface area contributed by atoms with Gasteiger partial charge in [-0.25, -0.2) is 0 Å². The third kappa shape index (κ3) is 4.23. The van der Waals surface area contributed by atoms with E-state index >= 15 is 0 Å². The predicted octanol–water partition coefficient (Wildman–Crippen LogP) is 3.96. The maximum atomic E-state index is 11.9. The second-order valence-electron chi connectivity index (χ2n) is 4.73. The van der Waals surface area contributed by atoms with Crippen LogP contribution in [0.3, 0.4) is 0 Å². The minimum Gasteiger partial charge on any atom is -0.376 e. The topological polar surface area (TPSA) is 41.1 Å². The molecule has 104 valence electrons. The van der Waals surface area contributed by atoms with Crippen molar-refractivity contribution in [1.82, 2.24) is 0 Å². The molecule has 0 heterocycles. The predicted molar refractivity (Wildman–Crippen MR) is 92.2 cm³/mol. The Balaban J connectivity index is 1.90. The average molecular weight is 380 g/mol. The third-order valence-corrected chi connectivity index (χ3v) is 3.67. The number of carbonyl (C=O) groups is 1. The van der Waals surface area contributed by atoms with E-state index < -0.39 is 0 Å². The molecule has 3 nitrogen and oxygen atoms in total. The lowest BCUT2D eigenvalue weighted by atomic mass is 10.1. The maximum Gasteiger partial charge on any atom is 0.243 e. The van der Waals surface area contributed by atoms with E-state index in [4.69, 9.17) is 0 Å². The van der Waals surface area contributed by atoms with Crippen molar-refractivity contribution in [2.24, 2.45) is 0 Å². The fourth-order valence-corrected chi connectivity index (χ4v) is 2.29. The lowest BCUT2D eigenvalue weighted by molar-refractivity contribution is -0.114. The fraction of sp³-hybridized carbons (Fsp3) is 0.188. The summed E-state index contributed by atoms with van der Waals surface area (Å²) in [4.78, 5) is 11.9. The average Bonchev–Trinajstić information content (AvgIpc) is 2.40. The highest BCUT2D eigenvalue weighted by Crippen LogP contribution is 2.16. The number of anilines is 2. The van der Waals surface area contributed by atoms with E-state index in [0.717, 1.165) is 20.5 Å². The SMILES string of the molecule is Cc1ccc(NCC(=O)Nc2ccc(I)cc2)c(C)c1. The van der Waals surface area contributed by atoms with E-state index in [1.54, 1.807) is 0 Å². The number of aryl methyl sites for hydroxylation is 2. The smallest absolute Gasteiger partial charge is 0.243 e. The molecule has 2 rings (SSSR count). The minimum absolute atomic E-state index is 0.0498. The van der Waals surface area contributed by atoms with Gasteiger partial charge in [0.25, 0.3) is 0 Å². The van der Waals surface area contributed by atoms with E-state index in [0.29, 0.717) is 0 Å². The van der Waals surface area contributed by atoms with Crippen LogP contribution in [0.25, 0.3) is 0 Å². The number of carbonyl (C=O) groups excluding carboxylic acids is 1. The van der Waals surface area contributed by atoms with Gasteiger partial charge in [0.05, 0.1) is 6.54 Å². The number of halogens is 1. The molecule has 0 aromatic heterocycles. The van der Waals surface area contributed by atoms with Crippen LogP contribution in [0.1, 0.15) is 11.1 Å². The van der Waals surface area contributed by atoms with Gasteiger partial charge >= 0.3 is 0 Å². The molecule has 0 saturated heterocycles. The largest absolute Gasteiger partial charge is 0.376 e. The molecule has 2 aromatic carbocycles. The molecule has 2 aromatic rings. The number of benzene rings is 2. The monoisotopic (exact) mass is 380 g/mol. The molecule has 0 aliphatic rings. The Labute approximate surface area is 132 Å². The third-order valence-electron chi connectivity index (χ3n) is 2.95. The summed E-state index contributed by atoms with van der Waals surface area (Å²) in [6.45, 7) is 4.35. The molecule has 0 bridgehead atoms. The first-order chi connectivity index (χ1) is 9.54. The first-order valence-corrected chi connectivity index (χ1v) is 7.49. The van der Waals surface area contributed by atoms with Crippen LogP contribution < -0.4 is 10.6 Å². The number of rotatable bonds is 4. The van der Waals surface area contributed by atoms with Crippen molar-refractivity contribution in [3.8, 4) is 0 Å². The second-order valence-corrected chi connectivity index (χ2v) is 5.97. The summed E-state index contributed by atoms with van der Waals surface area (Å²) >= 11 is 2.24. The highest BCUT2D eigenvalue weighted by atomic mass is 127. The van der Waals surface area contributed by atoms with Crippen LogP contribution in [-0.4, -0.2) is 12.5 Å². The van der Waals surface area contributed by atoms with Gasteiger partial charge in [0.1, 0.15) is 0 Å². The Morgan fingerprint density at radius 1 is 1.10 bits per heavy atom. The molecule has 1 amide bonds. The summed E-state index contributed by atoms with van der Waals surface area (Å²) in [5, 5.41) is 6.02. The molecule has 0 unspecified atom stereocenters. The highest BCUT2D eigenvalue weighted by molar-refractivity contribution is 14.1. The van der Waals surface area contributed by atoms with Crippen molar-refractivity contribution in [2.75, 3.05) is 17.2 Å². The van der Waals surface area contributed by atoms with Crippen molar-refractivity contribution in [3.63, 3.8) is 0 Å². The Bertz CT molecular complexity index is 608. The molecule has 0 atom stereocenters. The van der Waals surface area contributed by atoms with Gasteiger partial charge in [-0.1, -0.05) is 17.7 Å². The van der Waals surface area contributed by atoms with E-state index in [1.807, 2.05) is 43.3 Å². The Morgan fingerprint density at radius 3 is 2.45 bits per heavy atom. The van der Waals surface area contributed by atoms with Crippen molar-refractivity contribution >= 4 is 39.9 Å². The van der Waals surface area contributed by atoms with Crippen molar-refractivity contribution in [1.29, 1.82) is 0 Å². The molecule has 20 heavy (non-hydrogen) atoms. The molecule has 2 N–H and O–H groups in total. The first kappa shape index (κ1) is 14.8. The molecular formula is C16H17IN2O. The lowest BCUT2D eigenvalue weighted by Gasteiger charge is -2.10. The van der Waals surface area contributed by atoms with Crippen molar-refractivity contribution in [3.05, 3.63) is 57.2 Å². The molecule has 0 spiro atoms. The summed E-state index contributed by atoms with van der Waals surface area (Å²) < 4.78 is 1.15. The van der Waals surface area contributed by atoms with Crippen LogP contribution in [0.2, 0.25) is 0 Å². The number of nitrogens with one attached hydrogen (secondary N) is 2. The molecule has 0 radical (unpaired) electrons. The van der Waals surface area contributed by atoms with Crippen LogP contribution in [0.15, 0.2) is 42.5 Å². The molecule has 0 aliphatic carbocycles. The standard InChI is InChI=1S/C16H17IN2O/c1-11-3-8-15(12(2)9-11)18-10-16(20)19-14-6-4-13(17)5-7-14/h3-9,18H,10H2,1-2H3,(H,19,20). The normalized spacial score (nSPS) is 10.2. The molecule has 0 aliphatic heterocycles. The number of hydrogen-bond acceptors (Lipinski definition) is 2. The van der Waals surface area contributed by atoms with E-state index in [2.05, 4.69) is 46.2 Å². The minimum atomic E-state index is -0.0498. The van der Waals surface area contributed by atoms with Gasteiger partial charge in [-0.15, -0.1) is 0 Å². The number of amides is 1. The fourth-order valence-electron chi connectivity index (χ4n) is 1.93. The summed E-state index contributed by atoms with van der Waals surface area (Å²) in [5.74, 6) is -0.0498.